The Balaban J connectivity index is 2.16. The first kappa shape index (κ1) is 14.9. The predicted molar refractivity (Wildman–Crippen MR) is 83.2 cm³/mol. The first-order valence-electron chi connectivity index (χ1n) is 7.43. The standard InChI is InChI=1S/C16H25N3O/c1-4-15-12-18(3)10-5-11-19(15)16(20)13-6-8-14(17-2)9-7-13/h6-9,15,17H,4-5,10-12H2,1-3H3. The zero-order chi connectivity index (χ0) is 14.5. The smallest absolute Gasteiger partial charge is 0.254 e. The summed E-state index contributed by atoms with van der Waals surface area (Å²) in [5.74, 6) is 0.162. The molecule has 1 N–H and O–H groups in total. The predicted octanol–water partition coefficient (Wildman–Crippen LogP) is 2.28. The van der Waals surface area contributed by atoms with Crippen molar-refractivity contribution in [3.8, 4) is 0 Å². The van der Waals surface area contributed by atoms with E-state index in [9.17, 15) is 4.79 Å². The fourth-order valence-corrected chi connectivity index (χ4v) is 2.81. The molecule has 0 bridgehead atoms. The minimum absolute atomic E-state index is 0.162. The van der Waals surface area contributed by atoms with Crippen molar-refractivity contribution < 1.29 is 4.79 Å². The van der Waals surface area contributed by atoms with Crippen LogP contribution in [0.5, 0.6) is 0 Å². The van der Waals surface area contributed by atoms with Gasteiger partial charge in [0.1, 0.15) is 0 Å². The topological polar surface area (TPSA) is 35.6 Å². The minimum Gasteiger partial charge on any atom is -0.388 e. The molecule has 0 spiro atoms. The quantitative estimate of drug-likeness (QED) is 0.919. The fraction of sp³-hybridized carbons (Fsp3) is 0.562. The fourth-order valence-electron chi connectivity index (χ4n) is 2.81. The van der Waals surface area contributed by atoms with E-state index in [-0.39, 0.29) is 5.91 Å². The number of benzene rings is 1. The maximum atomic E-state index is 12.7. The van der Waals surface area contributed by atoms with Crippen molar-refractivity contribution in [3.63, 3.8) is 0 Å². The molecule has 20 heavy (non-hydrogen) atoms. The summed E-state index contributed by atoms with van der Waals surface area (Å²) in [6, 6.07) is 8.06. The Morgan fingerprint density at radius 2 is 2.00 bits per heavy atom. The number of nitrogens with zero attached hydrogens (tertiary/aromatic N) is 2. The average molecular weight is 275 g/mol. The Morgan fingerprint density at radius 3 is 2.60 bits per heavy atom. The lowest BCUT2D eigenvalue weighted by Crippen LogP contribution is -2.43. The average Bonchev–Trinajstić information content (AvgIpc) is 2.67. The molecule has 1 amide bonds. The maximum absolute atomic E-state index is 12.7. The number of carbonyl (C=O) groups excluding carboxylic acids is 1. The van der Waals surface area contributed by atoms with Crippen LogP contribution in [0.3, 0.4) is 0 Å². The van der Waals surface area contributed by atoms with Gasteiger partial charge in [-0.05, 0) is 50.7 Å². The molecule has 4 nitrogen and oxygen atoms in total. The van der Waals surface area contributed by atoms with Crippen LogP contribution < -0.4 is 5.32 Å². The molecule has 0 aliphatic carbocycles. The van der Waals surface area contributed by atoms with Crippen LogP contribution in [0.2, 0.25) is 0 Å². The molecule has 1 heterocycles. The van der Waals surface area contributed by atoms with Gasteiger partial charge in [-0.15, -0.1) is 0 Å². The van der Waals surface area contributed by atoms with Crippen LogP contribution in [0, 0.1) is 0 Å². The number of likely N-dealkylation sites (N-methyl/N-ethyl adjacent to an activating group) is 1. The van der Waals surface area contributed by atoms with Crippen LogP contribution in [-0.4, -0.2) is 55.5 Å². The molecule has 0 aromatic heterocycles. The SMILES string of the molecule is CCC1CN(C)CCCN1C(=O)c1ccc(NC)cc1. The van der Waals surface area contributed by atoms with Gasteiger partial charge in [-0.2, -0.15) is 0 Å². The summed E-state index contributed by atoms with van der Waals surface area (Å²) in [6.45, 7) is 5.06. The third kappa shape index (κ3) is 3.31. The second-order valence-corrected chi connectivity index (χ2v) is 5.50. The van der Waals surface area contributed by atoms with Crippen molar-refractivity contribution in [2.45, 2.75) is 25.8 Å². The van der Waals surface area contributed by atoms with Gasteiger partial charge >= 0.3 is 0 Å². The summed E-state index contributed by atoms with van der Waals surface area (Å²) in [4.78, 5) is 17.1. The Hall–Kier alpha value is -1.55. The van der Waals surface area contributed by atoms with Crippen molar-refractivity contribution >= 4 is 11.6 Å². The second kappa shape index (κ2) is 6.75. The van der Waals surface area contributed by atoms with Crippen molar-refractivity contribution in [3.05, 3.63) is 29.8 Å². The van der Waals surface area contributed by atoms with E-state index in [1.165, 1.54) is 0 Å². The van der Waals surface area contributed by atoms with E-state index in [0.29, 0.717) is 6.04 Å². The van der Waals surface area contributed by atoms with E-state index in [1.807, 2.05) is 31.3 Å². The van der Waals surface area contributed by atoms with Crippen molar-refractivity contribution in [1.82, 2.24) is 9.80 Å². The zero-order valence-corrected chi connectivity index (χ0v) is 12.7. The van der Waals surface area contributed by atoms with Crippen molar-refractivity contribution in [2.24, 2.45) is 0 Å². The Labute approximate surface area is 121 Å². The second-order valence-electron chi connectivity index (χ2n) is 5.50. The summed E-state index contributed by atoms with van der Waals surface area (Å²) < 4.78 is 0. The summed E-state index contributed by atoms with van der Waals surface area (Å²) in [7, 11) is 4.02. The van der Waals surface area contributed by atoms with Gasteiger partial charge in [-0.1, -0.05) is 6.92 Å². The molecule has 1 aliphatic heterocycles. The minimum atomic E-state index is 0.162. The van der Waals surface area contributed by atoms with Gasteiger partial charge in [-0.25, -0.2) is 0 Å². The number of amides is 1. The Kier molecular flexibility index (Phi) is 5.01. The first-order valence-corrected chi connectivity index (χ1v) is 7.43. The van der Waals surface area contributed by atoms with E-state index < -0.39 is 0 Å². The highest BCUT2D eigenvalue weighted by molar-refractivity contribution is 5.94. The Morgan fingerprint density at radius 1 is 1.30 bits per heavy atom. The van der Waals surface area contributed by atoms with Crippen molar-refractivity contribution in [1.29, 1.82) is 0 Å². The van der Waals surface area contributed by atoms with E-state index in [1.54, 1.807) is 0 Å². The molecule has 1 atom stereocenters. The molecule has 4 heteroatoms. The van der Waals surface area contributed by atoms with Crippen LogP contribution in [0.25, 0.3) is 0 Å². The lowest BCUT2D eigenvalue weighted by Gasteiger charge is -2.30. The van der Waals surface area contributed by atoms with Crippen LogP contribution in [0.4, 0.5) is 5.69 Å². The summed E-state index contributed by atoms with van der Waals surface area (Å²) in [5, 5.41) is 3.08. The highest BCUT2D eigenvalue weighted by Gasteiger charge is 2.26. The summed E-state index contributed by atoms with van der Waals surface area (Å²) in [5.41, 5.74) is 1.82. The number of hydrogen-bond donors (Lipinski definition) is 1. The lowest BCUT2D eigenvalue weighted by atomic mass is 10.1. The molecule has 0 radical (unpaired) electrons. The molecule has 0 saturated carbocycles. The maximum Gasteiger partial charge on any atom is 0.254 e. The largest absolute Gasteiger partial charge is 0.388 e. The number of carbonyl (C=O) groups is 1. The molecule has 1 saturated heterocycles. The number of nitrogens with one attached hydrogen (secondary N) is 1. The first-order chi connectivity index (χ1) is 9.65. The number of anilines is 1. The highest BCUT2D eigenvalue weighted by atomic mass is 16.2. The van der Waals surface area contributed by atoms with Crippen molar-refractivity contribution in [2.75, 3.05) is 39.0 Å². The molecule has 1 aromatic carbocycles. The summed E-state index contributed by atoms with van der Waals surface area (Å²) >= 11 is 0. The monoisotopic (exact) mass is 275 g/mol. The Bertz CT molecular complexity index is 444. The number of hydrogen-bond acceptors (Lipinski definition) is 3. The zero-order valence-electron chi connectivity index (χ0n) is 12.7. The van der Waals surface area contributed by atoms with Crippen LogP contribution in [0.15, 0.2) is 24.3 Å². The summed E-state index contributed by atoms with van der Waals surface area (Å²) in [6.07, 6.45) is 2.05. The lowest BCUT2D eigenvalue weighted by molar-refractivity contribution is 0.0676. The van der Waals surface area contributed by atoms with E-state index in [2.05, 4.69) is 29.1 Å². The van der Waals surface area contributed by atoms with E-state index in [4.69, 9.17) is 0 Å². The molecule has 110 valence electrons. The van der Waals surface area contributed by atoms with E-state index >= 15 is 0 Å². The van der Waals surface area contributed by atoms with Gasteiger partial charge in [-0.3, -0.25) is 4.79 Å². The van der Waals surface area contributed by atoms with Crippen LogP contribution >= 0.6 is 0 Å². The van der Waals surface area contributed by atoms with Gasteiger partial charge in [0.25, 0.3) is 5.91 Å². The van der Waals surface area contributed by atoms with Gasteiger partial charge in [0.2, 0.25) is 0 Å². The van der Waals surface area contributed by atoms with Gasteiger partial charge in [0, 0.05) is 37.4 Å². The van der Waals surface area contributed by atoms with Crippen LogP contribution in [-0.2, 0) is 0 Å². The third-order valence-corrected chi connectivity index (χ3v) is 4.05. The number of rotatable bonds is 3. The molecule has 1 fully saturated rings. The molecule has 2 rings (SSSR count). The van der Waals surface area contributed by atoms with Gasteiger partial charge in [0.05, 0.1) is 0 Å². The third-order valence-electron chi connectivity index (χ3n) is 4.05. The molecular formula is C16H25N3O. The highest BCUT2D eigenvalue weighted by Crippen LogP contribution is 2.17. The van der Waals surface area contributed by atoms with E-state index in [0.717, 1.165) is 43.7 Å². The van der Waals surface area contributed by atoms with Crippen LogP contribution in [0.1, 0.15) is 30.1 Å². The van der Waals surface area contributed by atoms with Gasteiger partial charge in [0.15, 0.2) is 0 Å². The van der Waals surface area contributed by atoms with Gasteiger partial charge < -0.3 is 15.1 Å². The molecular weight excluding hydrogens is 250 g/mol. The molecule has 1 unspecified atom stereocenters. The normalized spacial score (nSPS) is 20.6. The molecule has 1 aromatic rings. The molecule has 1 aliphatic rings.